The molecule has 3 aromatic rings. The van der Waals surface area contributed by atoms with Crippen molar-refractivity contribution in [1.82, 2.24) is 5.32 Å². The first-order valence-electron chi connectivity index (χ1n) is 12.7. The minimum Gasteiger partial charge on any atom is -0.481 e. The van der Waals surface area contributed by atoms with Gasteiger partial charge in [0, 0.05) is 23.7 Å². The molecule has 37 heavy (non-hydrogen) atoms. The predicted octanol–water partition coefficient (Wildman–Crippen LogP) is 7.50. The molecule has 0 aliphatic carbocycles. The zero-order valence-corrected chi connectivity index (χ0v) is 24.9. The van der Waals surface area contributed by atoms with E-state index in [0.717, 1.165) is 4.88 Å². The second-order valence-corrected chi connectivity index (χ2v) is 14.2. The molecule has 3 rings (SSSR count). The van der Waals surface area contributed by atoms with E-state index in [1.54, 1.807) is 0 Å². The van der Waals surface area contributed by atoms with Crippen molar-refractivity contribution >= 4 is 35.0 Å². The Bertz CT molecular complexity index is 1240. The highest BCUT2D eigenvalue weighted by molar-refractivity contribution is 7.79. The first kappa shape index (κ1) is 29.0. The van der Waals surface area contributed by atoms with Crippen LogP contribution in [0, 0.1) is 19.3 Å². The van der Waals surface area contributed by atoms with Gasteiger partial charge in [0.2, 0.25) is 0 Å². The van der Waals surface area contributed by atoms with Gasteiger partial charge in [0.1, 0.15) is 0 Å². The molecule has 1 heterocycles. The molecule has 1 amide bonds. The zero-order chi connectivity index (χ0) is 27.5. The van der Waals surface area contributed by atoms with E-state index in [9.17, 15) is 9.59 Å². The van der Waals surface area contributed by atoms with E-state index in [4.69, 9.17) is 5.11 Å². The number of rotatable bonds is 8. The fourth-order valence-electron chi connectivity index (χ4n) is 4.43. The number of thiol groups is 1. The summed E-state index contributed by atoms with van der Waals surface area (Å²) in [6, 6.07) is 17.4. The van der Waals surface area contributed by atoms with Crippen molar-refractivity contribution in [2.75, 3.05) is 6.54 Å². The van der Waals surface area contributed by atoms with E-state index < -0.39 is 5.97 Å². The first-order chi connectivity index (χ1) is 17.2. The van der Waals surface area contributed by atoms with Gasteiger partial charge in [-0.15, -0.1) is 11.3 Å². The van der Waals surface area contributed by atoms with Crippen molar-refractivity contribution in [3.05, 3.63) is 75.0 Å². The molecule has 6 heteroatoms. The number of amides is 1. The van der Waals surface area contributed by atoms with Crippen molar-refractivity contribution < 1.29 is 14.7 Å². The molecule has 1 aromatic heterocycles. The van der Waals surface area contributed by atoms with Gasteiger partial charge < -0.3 is 10.4 Å². The van der Waals surface area contributed by atoms with E-state index >= 15 is 0 Å². The standard InChI is InChI=1S/C31H39NO3S2/c1-19-17-23(18-20(2)27(19)21-9-11-22(12-10-21)30(3,4)5)36-28(31(6,7)8)24-13-14-25(37-24)29(35)32-16-15-26(33)34/h9-14,17-18,28H,15-16H2,1-8H3,(H,32,35)(H,33,34)/p+1. The second-order valence-electron chi connectivity index (χ2n) is 11.8. The molecule has 0 spiro atoms. The van der Waals surface area contributed by atoms with E-state index in [1.165, 1.54) is 55.8 Å². The molecule has 0 fully saturated rings. The summed E-state index contributed by atoms with van der Waals surface area (Å²) in [6.45, 7) is 17.9. The number of hydrogen-bond donors (Lipinski definition) is 2. The number of benzene rings is 2. The smallest absolute Gasteiger partial charge is 0.305 e. The Morgan fingerprint density at radius 1 is 0.946 bits per heavy atom. The summed E-state index contributed by atoms with van der Waals surface area (Å²) in [5, 5.41) is 11.7. The summed E-state index contributed by atoms with van der Waals surface area (Å²) < 4.78 is 0. The molecule has 0 saturated heterocycles. The van der Waals surface area contributed by atoms with Gasteiger partial charge in [-0.1, -0.05) is 65.8 Å². The van der Waals surface area contributed by atoms with Crippen molar-refractivity contribution in [2.45, 2.75) is 77.4 Å². The second kappa shape index (κ2) is 11.4. The van der Waals surface area contributed by atoms with E-state index in [1.807, 2.05) is 12.1 Å². The van der Waals surface area contributed by atoms with Gasteiger partial charge in [-0.3, -0.25) is 9.59 Å². The summed E-state index contributed by atoms with van der Waals surface area (Å²) in [6.07, 6.45) is -0.0807. The van der Waals surface area contributed by atoms with Crippen molar-refractivity contribution in [3.63, 3.8) is 0 Å². The normalized spacial score (nSPS) is 12.9. The summed E-state index contributed by atoms with van der Waals surface area (Å²) >= 11 is 2.70. The van der Waals surface area contributed by atoms with Crippen LogP contribution in [-0.4, -0.2) is 23.5 Å². The van der Waals surface area contributed by atoms with Gasteiger partial charge >= 0.3 is 5.97 Å². The van der Waals surface area contributed by atoms with Crippen LogP contribution >= 0.6 is 11.3 Å². The summed E-state index contributed by atoms with van der Waals surface area (Å²) in [4.78, 5) is 26.3. The first-order valence-corrected chi connectivity index (χ1v) is 14.5. The van der Waals surface area contributed by atoms with Gasteiger partial charge in [-0.25, -0.2) is 0 Å². The Hall–Kier alpha value is -2.57. The zero-order valence-electron chi connectivity index (χ0n) is 23.2. The van der Waals surface area contributed by atoms with E-state index in [0.29, 0.717) is 4.88 Å². The number of thiophene rings is 1. The number of aliphatic carboxylic acids is 1. The van der Waals surface area contributed by atoms with Gasteiger partial charge in [0.05, 0.1) is 16.2 Å². The Morgan fingerprint density at radius 2 is 1.54 bits per heavy atom. The molecule has 2 N–H and O–H groups in total. The minimum atomic E-state index is -0.919. The van der Waals surface area contributed by atoms with Crippen LogP contribution in [0.15, 0.2) is 53.4 Å². The monoisotopic (exact) mass is 538 g/mol. The fraction of sp³-hybridized carbons (Fsp3) is 0.419. The molecule has 2 aromatic carbocycles. The Kier molecular flexibility index (Phi) is 8.97. The lowest BCUT2D eigenvalue weighted by Crippen LogP contribution is -2.25. The quantitative estimate of drug-likeness (QED) is 0.231. The van der Waals surface area contributed by atoms with Gasteiger partial charge in [-0.05, 0) is 71.3 Å². The predicted molar refractivity (Wildman–Crippen MR) is 158 cm³/mol. The molecule has 1 unspecified atom stereocenters. The molecule has 0 saturated carbocycles. The van der Waals surface area contributed by atoms with Gasteiger partial charge in [0.25, 0.3) is 5.91 Å². The molecule has 0 bridgehead atoms. The lowest BCUT2D eigenvalue weighted by atomic mass is 9.85. The van der Waals surface area contributed by atoms with Crippen LogP contribution in [0.1, 0.15) is 84.5 Å². The van der Waals surface area contributed by atoms with Crippen LogP contribution in [0.3, 0.4) is 0 Å². The van der Waals surface area contributed by atoms with Crippen LogP contribution in [-0.2, 0) is 22.0 Å². The van der Waals surface area contributed by atoms with Crippen molar-refractivity contribution in [2.24, 2.45) is 5.41 Å². The highest BCUT2D eigenvalue weighted by Crippen LogP contribution is 2.42. The highest BCUT2D eigenvalue weighted by Gasteiger charge is 2.36. The number of carbonyl (C=O) groups is 2. The Balaban J connectivity index is 1.84. The number of hydrogen-bond acceptors (Lipinski definition) is 3. The lowest BCUT2D eigenvalue weighted by Gasteiger charge is -2.24. The summed E-state index contributed by atoms with van der Waals surface area (Å²) in [5.41, 5.74) is 6.53. The molecule has 0 aliphatic rings. The van der Waals surface area contributed by atoms with Crippen molar-refractivity contribution in [3.8, 4) is 11.1 Å². The number of nitrogens with one attached hydrogen (secondary N) is 1. The van der Waals surface area contributed by atoms with Crippen LogP contribution in [0.4, 0.5) is 0 Å². The maximum absolute atomic E-state index is 12.5. The fourth-order valence-corrected chi connectivity index (χ4v) is 7.34. The molecule has 198 valence electrons. The van der Waals surface area contributed by atoms with Gasteiger partial charge in [0.15, 0.2) is 10.1 Å². The molecular weight excluding hydrogens is 498 g/mol. The molecule has 4 nitrogen and oxygen atoms in total. The van der Waals surface area contributed by atoms with E-state index in [2.05, 4.69) is 97.1 Å². The number of carboxylic acid groups (broad SMARTS) is 1. The maximum atomic E-state index is 12.5. The average Bonchev–Trinajstić information content (AvgIpc) is 3.25. The van der Waals surface area contributed by atoms with Crippen LogP contribution < -0.4 is 5.32 Å². The average molecular weight is 539 g/mol. The largest absolute Gasteiger partial charge is 0.481 e. The van der Waals surface area contributed by atoms with Crippen LogP contribution in [0.2, 0.25) is 0 Å². The molecule has 1 atom stereocenters. The lowest BCUT2D eigenvalue weighted by molar-refractivity contribution is -0.136. The number of carboxylic acids is 1. The third-order valence-corrected chi connectivity index (χ3v) is 9.59. The van der Waals surface area contributed by atoms with Gasteiger partial charge in [-0.2, -0.15) is 0 Å². The summed E-state index contributed by atoms with van der Waals surface area (Å²) in [5.74, 6) is -1.13. The molecule has 0 radical (unpaired) electrons. The minimum absolute atomic E-state index is 0.00721. The van der Waals surface area contributed by atoms with Crippen LogP contribution in [0.25, 0.3) is 11.1 Å². The maximum Gasteiger partial charge on any atom is 0.305 e. The van der Waals surface area contributed by atoms with E-state index in [-0.39, 0.29) is 35.0 Å². The number of aryl methyl sites for hydroxylation is 2. The number of carbonyl (C=O) groups excluding carboxylic acids is 1. The third-order valence-electron chi connectivity index (χ3n) is 6.40. The summed E-state index contributed by atoms with van der Waals surface area (Å²) in [7, 11) is 0. The molecular formula is C31H40NO3S2+. The van der Waals surface area contributed by atoms with Crippen molar-refractivity contribution in [1.29, 1.82) is 0 Å². The Labute approximate surface area is 229 Å². The molecule has 0 aliphatic heterocycles. The Morgan fingerprint density at radius 3 is 2.05 bits per heavy atom. The van der Waals surface area contributed by atoms with Crippen LogP contribution in [0.5, 0.6) is 0 Å². The SMILES string of the molecule is Cc1cc([SH+]C(c2ccc(C(=O)NCCC(=O)O)s2)C(C)(C)C)cc(C)c1-c1ccc(C(C)(C)C)cc1. The highest BCUT2D eigenvalue weighted by atomic mass is 32.2. The topological polar surface area (TPSA) is 66.4 Å². The third kappa shape index (κ3) is 7.48.